The van der Waals surface area contributed by atoms with Gasteiger partial charge in [0.05, 0.1) is 5.41 Å². The molecule has 0 aromatic carbocycles. The van der Waals surface area contributed by atoms with Crippen molar-refractivity contribution in [2.45, 2.75) is 46.5 Å². The first-order valence-electron chi connectivity index (χ1n) is 7.37. The minimum absolute atomic E-state index is 0.0431. The van der Waals surface area contributed by atoms with Crippen molar-refractivity contribution in [2.75, 3.05) is 6.54 Å². The maximum Gasteiger partial charge on any atom is 0.311 e. The molecule has 1 N–H and O–H groups in total. The Hall–Kier alpha value is -1.39. The van der Waals surface area contributed by atoms with Gasteiger partial charge in [0.2, 0.25) is 11.8 Å². The molecular formula is C15H23NO4. The summed E-state index contributed by atoms with van der Waals surface area (Å²) in [6.45, 7) is 5.63. The second kappa shape index (κ2) is 5.19. The minimum Gasteiger partial charge on any atom is -0.481 e. The molecule has 0 bridgehead atoms. The number of imide groups is 1. The molecule has 20 heavy (non-hydrogen) atoms. The third-order valence-electron chi connectivity index (χ3n) is 5.21. The molecule has 5 nitrogen and oxygen atoms in total. The van der Waals surface area contributed by atoms with Gasteiger partial charge in [-0.3, -0.25) is 19.3 Å². The molecule has 1 aliphatic heterocycles. The van der Waals surface area contributed by atoms with Crippen LogP contribution < -0.4 is 0 Å². The molecule has 1 saturated heterocycles. The number of hydrogen-bond donors (Lipinski definition) is 1. The Morgan fingerprint density at radius 3 is 2.00 bits per heavy atom. The van der Waals surface area contributed by atoms with E-state index in [2.05, 4.69) is 6.92 Å². The van der Waals surface area contributed by atoms with E-state index in [9.17, 15) is 19.5 Å². The van der Waals surface area contributed by atoms with Crippen LogP contribution in [0.1, 0.15) is 46.5 Å². The minimum atomic E-state index is -0.943. The molecule has 1 heterocycles. The highest BCUT2D eigenvalue weighted by Gasteiger charge is 2.49. The molecule has 112 valence electrons. The van der Waals surface area contributed by atoms with E-state index in [4.69, 9.17) is 0 Å². The van der Waals surface area contributed by atoms with E-state index in [0.717, 1.165) is 12.8 Å². The molecule has 0 aromatic heterocycles. The molecule has 1 aliphatic carbocycles. The summed E-state index contributed by atoms with van der Waals surface area (Å²) in [4.78, 5) is 37.2. The van der Waals surface area contributed by atoms with Crippen molar-refractivity contribution in [2.24, 2.45) is 23.2 Å². The lowest BCUT2D eigenvalue weighted by molar-refractivity contribution is -0.156. The summed E-state index contributed by atoms with van der Waals surface area (Å²) in [6.07, 6.45) is 2.77. The highest BCUT2D eigenvalue weighted by atomic mass is 16.4. The fourth-order valence-corrected chi connectivity index (χ4v) is 3.24. The van der Waals surface area contributed by atoms with Gasteiger partial charge in [0.15, 0.2) is 0 Å². The zero-order valence-corrected chi connectivity index (χ0v) is 12.4. The second-order valence-electron chi connectivity index (χ2n) is 6.61. The first-order valence-corrected chi connectivity index (χ1v) is 7.37. The van der Waals surface area contributed by atoms with Crippen LogP contribution in [0.25, 0.3) is 0 Å². The van der Waals surface area contributed by atoms with E-state index in [1.54, 1.807) is 13.8 Å². The van der Waals surface area contributed by atoms with Gasteiger partial charge in [0.25, 0.3) is 0 Å². The van der Waals surface area contributed by atoms with Crippen LogP contribution in [0.4, 0.5) is 0 Å². The van der Waals surface area contributed by atoms with Gasteiger partial charge in [0.1, 0.15) is 0 Å². The number of likely N-dealkylation sites (tertiary alicyclic amines) is 1. The fraction of sp³-hybridized carbons (Fsp3) is 0.800. The summed E-state index contributed by atoms with van der Waals surface area (Å²) in [5, 5.41) is 9.59. The predicted octanol–water partition coefficient (Wildman–Crippen LogP) is 1.91. The first-order chi connectivity index (χ1) is 9.28. The van der Waals surface area contributed by atoms with Crippen LogP contribution >= 0.6 is 0 Å². The number of nitrogens with zero attached hydrogens (tertiary/aromatic N) is 1. The van der Waals surface area contributed by atoms with E-state index in [1.807, 2.05) is 0 Å². The van der Waals surface area contributed by atoms with E-state index in [0.29, 0.717) is 18.8 Å². The van der Waals surface area contributed by atoms with Crippen LogP contribution in [-0.4, -0.2) is 34.3 Å². The number of aliphatic carboxylic acids is 1. The molecule has 2 fully saturated rings. The average molecular weight is 281 g/mol. The normalized spacial score (nSPS) is 38.4. The van der Waals surface area contributed by atoms with Crippen molar-refractivity contribution in [1.82, 2.24) is 4.90 Å². The quantitative estimate of drug-likeness (QED) is 0.802. The van der Waals surface area contributed by atoms with Crippen molar-refractivity contribution < 1.29 is 19.5 Å². The number of carboxylic acids is 1. The molecular weight excluding hydrogens is 258 g/mol. The first kappa shape index (κ1) is 15.0. The van der Waals surface area contributed by atoms with E-state index < -0.39 is 11.4 Å². The number of carbonyl (C=O) groups excluding carboxylic acids is 2. The van der Waals surface area contributed by atoms with Crippen molar-refractivity contribution in [1.29, 1.82) is 0 Å². The molecule has 2 amide bonds. The lowest BCUT2D eigenvalue weighted by Crippen LogP contribution is -2.47. The summed E-state index contributed by atoms with van der Waals surface area (Å²) in [5.74, 6) is -1.47. The Bertz CT molecular complexity index is 417. The van der Waals surface area contributed by atoms with Gasteiger partial charge in [-0.1, -0.05) is 20.8 Å². The van der Waals surface area contributed by atoms with Crippen LogP contribution in [-0.2, 0) is 14.4 Å². The fourth-order valence-electron chi connectivity index (χ4n) is 3.24. The number of rotatable bonds is 3. The van der Waals surface area contributed by atoms with Crippen LogP contribution in [0.3, 0.4) is 0 Å². The molecule has 0 radical (unpaired) electrons. The number of carboxylic acid groups (broad SMARTS) is 1. The Balaban J connectivity index is 2.19. The molecule has 2 aliphatic rings. The van der Waals surface area contributed by atoms with Gasteiger partial charge >= 0.3 is 5.97 Å². The third kappa shape index (κ3) is 2.34. The Kier molecular flexibility index (Phi) is 3.89. The predicted molar refractivity (Wildman–Crippen MR) is 72.7 cm³/mol. The summed E-state index contributed by atoms with van der Waals surface area (Å²) < 4.78 is 0. The van der Waals surface area contributed by atoms with Gasteiger partial charge < -0.3 is 5.11 Å². The smallest absolute Gasteiger partial charge is 0.311 e. The summed E-state index contributed by atoms with van der Waals surface area (Å²) >= 11 is 0. The topological polar surface area (TPSA) is 74.7 Å². The van der Waals surface area contributed by atoms with Crippen molar-refractivity contribution >= 4 is 17.8 Å². The van der Waals surface area contributed by atoms with E-state index >= 15 is 0 Å². The van der Waals surface area contributed by atoms with Crippen molar-refractivity contribution in [3.63, 3.8) is 0 Å². The molecule has 0 spiro atoms. The zero-order valence-electron chi connectivity index (χ0n) is 12.4. The third-order valence-corrected chi connectivity index (χ3v) is 5.21. The van der Waals surface area contributed by atoms with Crippen LogP contribution in [0.5, 0.6) is 0 Å². The van der Waals surface area contributed by atoms with Gasteiger partial charge in [-0.05, 0) is 31.6 Å². The highest BCUT2D eigenvalue weighted by molar-refractivity contribution is 6.05. The van der Waals surface area contributed by atoms with Crippen molar-refractivity contribution in [3.05, 3.63) is 0 Å². The molecule has 5 heteroatoms. The number of carbonyl (C=O) groups is 3. The maximum atomic E-state index is 12.1. The monoisotopic (exact) mass is 281 g/mol. The molecule has 0 aromatic rings. The van der Waals surface area contributed by atoms with E-state index in [1.165, 1.54) is 4.90 Å². The second-order valence-corrected chi connectivity index (χ2v) is 6.61. The largest absolute Gasteiger partial charge is 0.481 e. The van der Waals surface area contributed by atoms with Crippen LogP contribution in [0, 0.1) is 23.2 Å². The highest BCUT2D eigenvalue weighted by Crippen LogP contribution is 2.41. The summed E-state index contributed by atoms with van der Waals surface area (Å²) in [6, 6.07) is 0. The zero-order chi connectivity index (χ0) is 15.1. The van der Waals surface area contributed by atoms with Gasteiger partial charge in [0, 0.05) is 18.4 Å². The van der Waals surface area contributed by atoms with Gasteiger partial charge in [-0.15, -0.1) is 0 Å². The molecule has 2 unspecified atom stereocenters. The summed E-state index contributed by atoms with van der Waals surface area (Å²) in [5.41, 5.74) is -0.943. The Labute approximate surface area is 119 Å². The lowest BCUT2D eigenvalue weighted by Gasteiger charge is -2.37. The maximum absolute atomic E-state index is 12.1. The van der Waals surface area contributed by atoms with E-state index in [-0.39, 0.29) is 30.2 Å². The standard InChI is InChI=1S/C15H23NO4/c1-9-4-6-15(7-5-9,14(19)20)8-16-12(17)10(2)11(3)13(16)18/h9-11H,4-8H2,1-3H3,(H,19,20). The Morgan fingerprint density at radius 1 is 1.15 bits per heavy atom. The molecule has 1 saturated carbocycles. The van der Waals surface area contributed by atoms with Gasteiger partial charge in [-0.2, -0.15) is 0 Å². The van der Waals surface area contributed by atoms with Crippen LogP contribution in [0.15, 0.2) is 0 Å². The molecule has 2 atom stereocenters. The van der Waals surface area contributed by atoms with Crippen LogP contribution in [0.2, 0.25) is 0 Å². The summed E-state index contributed by atoms with van der Waals surface area (Å²) in [7, 11) is 0. The lowest BCUT2D eigenvalue weighted by atomic mass is 9.70. The van der Waals surface area contributed by atoms with Crippen molar-refractivity contribution in [3.8, 4) is 0 Å². The number of amides is 2. The SMILES string of the molecule is CC1CCC(CN2C(=O)C(C)C(C)C2=O)(C(=O)O)CC1. The average Bonchev–Trinajstić information content (AvgIpc) is 2.59. The number of hydrogen-bond acceptors (Lipinski definition) is 3. The van der Waals surface area contributed by atoms with Gasteiger partial charge in [-0.25, -0.2) is 0 Å². The molecule has 2 rings (SSSR count). The Morgan fingerprint density at radius 2 is 1.60 bits per heavy atom.